The van der Waals surface area contributed by atoms with Gasteiger partial charge in [-0.15, -0.1) is 0 Å². The summed E-state index contributed by atoms with van der Waals surface area (Å²) in [5.41, 5.74) is 0. The normalized spacial score (nSPS) is 39.5. The molecule has 0 aromatic heterocycles. The molecule has 1 fully saturated rings. The van der Waals surface area contributed by atoms with Crippen LogP contribution < -0.4 is 0 Å². The monoisotopic (exact) mass is 448 g/mol. The van der Waals surface area contributed by atoms with Gasteiger partial charge in [0.05, 0.1) is 0 Å². The van der Waals surface area contributed by atoms with E-state index in [1.54, 1.807) is 13.1 Å². The molecule has 0 aromatic rings. The van der Waals surface area contributed by atoms with E-state index in [0.29, 0.717) is 0 Å². The fraction of sp³-hybridized carbons (Fsp3) is 1.00. The predicted octanol–water partition coefficient (Wildman–Crippen LogP) is 2.03. The van der Waals surface area contributed by atoms with Gasteiger partial charge >= 0.3 is 51.9 Å². The summed E-state index contributed by atoms with van der Waals surface area (Å²) >= 11 is 0. The maximum absolute atomic E-state index is 10.7. The van der Waals surface area contributed by atoms with Crippen LogP contribution in [0, 0.1) is 0 Å². The fourth-order valence-electron chi connectivity index (χ4n) is 3.13. The maximum Gasteiger partial charge on any atom is 0.477 e. The highest BCUT2D eigenvalue weighted by Gasteiger charge is 2.53. The van der Waals surface area contributed by atoms with E-state index in [4.69, 9.17) is 24.7 Å². The number of hydrogen-bond acceptors (Lipinski definition) is 8. The Labute approximate surface area is 151 Å². The van der Waals surface area contributed by atoms with E-state index < -0.39 is 51.9 Å². The van der Waals surface area contributed by atoms with Crippen LogP contribution in [0.5, 0.6) is 0 Å². The van der Waals surface area contributed by atoms with Crippen molar-refractivity contribution in [1.29, 1.82) is 0 Å². The lowest BCUT2D eigenvalue weighted by atomic mass is 11.9. The largest absolute Gasteiger partial charge is 0.477 e. The standard InChI is InChI=1S/C10H32O8Si6/c1-19(2)13-20(3,4)16-24(10,12)18-22(7,8)14-21(5,6)17-23(9,11)15-19/h11-12H,1-10H3. The van der Waals surface area contributed by atoms with Gasteiger partial charge in [0.25, 0.3) is 0 Å². The van der Waals surface area contributed by atoms with Gasteiger partial charge in [-0.3, -0.25) is 0 Å². The molecular formula is C10H32O8Si6. The van der Waals surface area contributed by atoms with E-state index in [-0.39, 0.29) is 0 Å². The van der Waals surface area contributed by atoms with Crippen molar-refractivity contribution >= 4 is 51.9 Å². The average Bonchev–Trinajstić information content (AvgIpc) is 1.98. The minimum absolute atomic E-state index is 1.57. The van der Waals surface area contributed by atoms with Crippen LogP contribution in [-0.4, -0.2) is 61.4 Å². The highest BCUT2D eigenvalue weighted by atomic mass is 28.5. The zero-order chi connectivity index (χ0) is 19.2. The second-order valence-electron chi connectivity index (χ2n) is 8.01. The first-order valence-corrected chi connectivity index (χ1v) is 23.7. The Morgan fingerprint density at radius 3 is 0.708 bits per heavy atom. The van der Waals surface area contributed by atoms with Crippen molar-refractivity contribution in [3.63, 3.8) is 0 Å². The van der Waals surface area contributed by atoms with Gasteiger partial charge in [0.2, 0.25) is 0 Å². The maximum atomic E-state index is 10.7. The van der Waals surface area contributed by atoms with E-state index in [0.717, 1.165) is 0 Å². The van der Waals surface area contributed by atoms with Gasteiger partial charge in [-0.25, -0.2) is 0 Å². The molecule has 0 aromatic carbocycles. The van der Waals surface area contributed by atoms with E-state index >= 15 is 0 Å². The topological polar surface area (TPSA) is 95.8 Å². The Balaban J connectivity index is 3.24. The molecule has 1 rings (SSSR count). The van der Waals surface area contributed by atoms with Gasteiger partial charge in [0.1, 0.15) is 0 Å². The molecule has 1 heterocycles. The highest BCUT2D eigenvalue weighted by molar-refractivity contribution is 6.91. The SMILES string of the molecule is C[Si]1(C)O[Si](C)(C)O[Si](C)(O)O[Si](C)(C)O[Si](C)(C)O[Si](C)(O)O1. The first-order chi connectivity index (χ1) is 10.2. The second-order valence-corrected chi connectivity index (χ2v) is 27.7. The minimum atomic E-state index is -3.44. The number of hydrogen-bond donors (Lipinski definition) is 2. The number of rotatable bonds is 0. The van der Waals surface area contributed by atoms with Crippen molar-refractivity contribution in [2.24, 2.45) is 0 Å². The molecule has 0 atom stereocenters. The van der Waals surface area contributed by atoms with Gasteiger partial charge < -0.3 is 34.3 Å². The summed E-state index contributed by atoms with van der Waals surface area (Å²) in [6.07, 6.45) is 0. The van der Waals surface area contributed by atoms with Crippen LogP contribution in [0.2, 0.25) is 65.5 Å². The predicted molar refractivity (Wildman–Crippen MR) is 104 cm³/mol. The summed E-state index contributed by atoms with van der Waals surface area (Å²) in [5, 5.41) is 0. The Hall–Kier alpha value is 0.981. The van der Waals surface area contributed by atoms with Crippen LogP contribution in [0.3, 0.4) is 0 Å². The molecule has 0 unspecified atom stereocenters. The molecule has 1 aliphatic heterocycles. The van der Waals surface area contributed by atoms with Crippen LogP contribution in [0.25, 0.3) is 0 Å². The molecule has 8 nitrogen and oxygen atoms in total. The summed E-state index contributed by atoms with van der Waals surface area (Å²) in [6, 6.07) is 0. The van der Waals surface area contributed by atoms with E-state index in [1.807, 2.05) is 52.4 Å². The average molecular weight is 449 g/mol. The van der Waals surface area contributed by atoms with E-state index in [2.05, 4.69) is 0 Å². The summed E-state index contributed by atoms with van der Waals surface area (Å²) in [4.78, 5) is 21.4. The molecule has 0 aliphatic carbocycles. The van der Waals surface area contributed by atoms with Gasteiger partial charge in [-0.1, -0.05) is 0 Å². The first kappa shape index (κ1) is 23.0. The van der Waals surface area contributed by atoms with Crippen LogP contribution in [0.15, 0.2) is 0 Å². The van der Waals surface area contributed by atoms with Crippen LogP contribution in [0.4, 0.5) is 0 Å². The summed E-state index contributed by atoms with van der Waals surface area (Å²) in [5.74, 6) is 0. The van der Waals surface area contributed by atoms with Gasteiger partial charge in [-0.2, -0.15) is 0 Å². The van der Waals surface area contributed by atoms with E-state index in [1.165, 1.54) is 0 Å². The third-order valence-corrected chi connectivity index (χ3v) is 24.5. The van der Waals surface area contributed by atoms with Crippen molar-refractivity contribution in [3.05, 3.63) is 0 Å². The zero-order valence-electron chi connectivity index (χ0n) is 16.3. The summed E-state index contributed by atoms with van der Waals surface area (Å²) in [7, 11) is -17.8. The van der Waals surface area contributed by atoms with Gasteiger partial charge in [0.15, 0.2) is 0 Å². The Bertz CT molecular complexity index is 334. The van der Waals surface area contributed by atoms with Gasteiger partial charge in [0, 0.05) is 13.1 Å². The zero-order valence-corrected chi connectivity index (χ0v) is 22.3. The summed E-state index contributed by atoms with van der Waals surface area (Å²) in [6.45, 7) is 17.8. The van der Waals surface area contributed by atoms with Gasteiger partial charge in [-0.05, 0) is 52.4 Å². The molecule has 0 bridgehead atoms. The highest BCUT2D eigenvalue weighted by Crippen LogP contribution is 2.29. The van der Waals surface area contributed by atoms with Crippen LogP contribution in [0.1, 0.15) is 0 Å². The Morgan fingerprint density at radius 2 is 0.542 bits per heavy atom. The Kier molecular flexibility index (Phi) is 6.58. The van der Waals surface area contributed by atoms with Crippen molar-refractivity contribution in [3.8, 4) is 0 Å². The molecule has 0 spiro atoms. The van der Waals surface area contributed by atoms with Crippen molar-refractivity contribution < 1.29 is 34.3 Å². The molecule has 24 heavy (non-hydrogen) atoms. The van der Waals surface area contributed by atoms with Crippen LogP contribution in [-0.2, 0) is 24.7 Å². The molecule has 2 N–H and O–H groups in total. The lowest BCUT2D eigenvalue weighted by Gasteiger charge is -2.44. The molecule has 1 aliphatic rings. The Morgan fingerprint density at radius 1 is 0.375 bits per heavy atom. The molecule has 14 heteroatoms. The third-order valence-electron chi connectivity index (χ3n) is 2.72. The van der Waals surface area contributed by atoms with E-state index in [9.17, 15) is 9.59 Å². The first-order valence-electron chi connectivity index (χ1n) is 7.90. The smallest absolute Gasteiger partial charge is 0.416 e. The molecular weight excluding hydrogens is 417 g/mol. The molecule has 1 saturated heterocycles. The third kappa shape index (κ3) is 8.12. The lowest BCUT2D eigenvalue weighted by Crippen LogP contribution is -2.65. The fourth-order valence-corrected chi connectivity index (χ4v) is 30.4. The summed E-state index contributed by atoms with van der Waals surface area (Å²) < 4.78 is 35.9. The second kappa shape index (κ2) is 6.86. The minimum Gasteiger partial charge on any atom is -0.416 e. The van der Waals surface area contributed by atoms with Crippen LogP contribution >= 0.6 is 0 Å². The van der Waals surface area contributed by atoms with Crippen molar-refractivity contribution in [2.75, 3.05) is 0 Å². The van der Waals surface area contributed by atoms with Crippen molar-refractivity contribution in [2.45, 2.75) is 65.5 Å². The molecule has 0 saturated carbocycles. The lowest BCUT2D eigenvalue weighted by molar-refractivity contribution is 0.168. The molecule has 144 valence electrons. The quantitative estimate of drug-likeness (QED) is 0.543. The molecule has 0 radical (unpaired) electrons. The molecule has 0 amide bonds. The van der Waals surface area contributed by atoms with Crippen molar-refractivity contribution in [1.82, 2.24) is 0 Å².